The molecule has 1 aromatic heterocycles. The first-order chi connectivity index (χ1) is 20.7. The second-order valence-corrected chi connectivity index (χ2v) is 12.4. The maximum Gasteiger partial charge on any atom is 0.246 e. The van der Waals surface area contributed by atoms with Gasteiger partial charge >= 0.3 is 0 Å². The summed E-state index contributed by atoms with van der Waals surface area (Å²) in [6.45, 7) is 6.00. The summed E-state index contributed by atoms with van der Waals surface area (Å²) in [6.07, 6.45) is 2.40. The van der Waals surface area contributed by atoms with Gasteiger partial charge < -0.3 is 15.1 Å². The number of halogens is 2. The van der Waals surface area contributed by atoms with Crippen LogP contribution in [0.1, 0.15) is 64.0 Å². The van der Waals surface area contributed by atoms with Gasteiger partial charge in [0.05, 0.1) is 17.7 Å². The van der Waals surface area contributed by atoms with Crippen LogP contribution in [-0.2, 0) is 16.6 Å². The zero-order valence-corrected chi connectivity index (χ0v) is 25.5. The van der Waals surface area contributed by atoms with Crippen molar-refractivity contribution >= 4 is 29.2 Å². The molecule has 3 fully saturated rings. The van der Waals surface area contributed by atoms with Crippen molar-refractivity contribution in [2.45, 2.75) is 51.1 Å². The van der Waals surface area contributed by atoms with Crippen molar-refractivity contribution in [3.8, 4) is 0 Å². The molecule has 3 aliphatic rings. The third-order valence-corrected chi connectivity index (χ3v) is 9.86. The topological polar surface area (TPSA) is 87.5 Å². The number of likely N-dealkylation sites (tertiary alicyclic amines) is 1. The van der Waals surface area contributed by atoms with Gasteiger partial charge in [0.15, 0.2) is 5.78 Å². The van der Waals surface area contributed by atoms with Gasteiger partial charge in [-0.15, -0.1) is 0 Å². The number of piperazine rings is 1. The third-order valence-electron chi connectivity index (χ3n) is 9.41. The summed E-state index contributed by atoms with van der Waals surface area (Å²) in [5.74, 6) is -2.79. The molecule has 4 unspecified atom stereocenters. The molecule has 8 nitrogen and oxygen atoms in total. The van der Waals surface area contributed by atoms with Crippen molar-refractivity contribution in [1.82, 2.24) is 24.9 Å². The summed E-state index contributed by atoms with van der Waals surface area (Å²) in [5, 5.41) is 8.17. The van der Waals surface area contributed by atoms with Crippen LogP contribution < -0.4 is 5.32 Å². The minimum absolute atomic E-state index is 0.143. The minimum atomic E-state index is -0.976. The van der Waals surface area contributed by atoms with Crippen LogP contribution in [-0.4, -0.2) is 69.4 Å². The van der Waals surface area contributed by atoms with E-state index in [2.05, 4.69) is 10.4 Å². The van der Waals surface area contributed by atoms with Gasteiger partial charge in [0.1, 0.15) is 17.0 Å². The second kappa shape index (κ2) is 11.8. The number of nitrogens with zero attached hydrogens (tertiary/aromatic N) is 4. The highest BCUT2D eigenvalue weighted by Gasteiger charge is 2.60. The lowest BCUT2D eigenvalue weighted by Gasteiger charge is -2.39. The SMILES string of the molecule is Cc1cccc(C(=O)C2C(c3ccc(F)cc3)C(C(=O)N3CCNCC3)N(C(=O)C3CCC3)C2c2c(C)nn(C)c2Cl)c1. The number of hydrogen-bond acceptors (Lipinski definition) is 5. The lowest BCUT2D eigenvalue weighted by Crippen LogP contribution is -2.56. The van der Waals surface area contributed by atoms with Crippen LogP contribution >= 0.6 is 11.6 Å². The Morgan fingerprint density at radius 2 is 1.70 bits per heavy atom. The monoisotopic (exact) mass is 605 g/mol. The van der Waals surface area contributed by atoms with Crippen molar-refractivity contribution in [1.29, 1.82) is 0 Å². The molecule has 43 heavy (non-hydrogen) atoms. The molecule has 4 atom stereocenters. The van der Waals surface area contributed by atoms with Gasteiger partial charge in [0, 0.05) is 56.2 Å². The first kappa shape index (κ1) is 29.5. The molecule has 3 heterocycles. The summed E-state index contributed by atoms with van der Waals surface area (Å²) in [4.78, 5) is 47.5. The van der Waals surface area contributed by atoms with Gasteiger partial charge in [-0.05, 0) is 50.5 Å². The molecule has 1 N–H and O–H groups in total. The van der Waals surface area contributed by atoms with E-state index in [1.165, 1.54) is 12.1 Å². The first-order valence-electron chi connectivity index (χ1n) is 15.0. The number of nitrogens with one attached hydrogen (secondary N) is 1. The number of amides is 2. The minimum Gasteiger partial charge on any atom is -0.338 e. The Kier molecular flexibility index (Phi) is 8.13. The van der Waals surface area contributed by atoms with Crippen molar-refractivity contribution in [3.63, 3.8) is 0 Å². The molecule has 3 aromatic rings. The lowest BCUT2D eigenvalue weighted by atomic mass is 9.75. The lowest BCUT2D eigenvalue weighted by molar-refractivity contribution is -0.150. The Morgan fingerprint density at radius 1 is 1.00 bits per heavy atom. The molecule has 2 saturated heterocycles. The van der Waals surface area contributed by atoms with E-state index in [9.17, 15) is 18.8 Å². The molecule has 1 aliphatic carbocycles. The van der Waals surface area contributed by atoms with Gasteiger partial charge in [0.25, 0.3) is 0 Å². The predicted octanol–water partition coefficient (Wildman–Crippen LogP) is 4.60. The first-order valence-corrected chi connectivity index (χ1v) is 15.4. The largest absolute Gasteiger partial charge is 0.338 e. The molecule has 1 saturated carbocycles. The van der Waals surface area contributed by atoms with E-state index in [0.717, 1.165) is 24.8 Å². The summed E-state index contributed by atoms with van der Waals surface area (Å²) in [7, 11) is 1.73. The molecule has 0 bridgehead atoms. The average molecular weight is 606 g/mol. The second-order valence-electron chi connectivity index (χ2n) is 12.1. The average Bonchev–Trinajstić information content (AvgIpc) is 3.44. The van der Waals surface area contributed by atoms with Gasteiger partial charge in [-0.3, -0.25) is 19.1 Å². The van der Waals surface area contributed by atoms with E-state index in [1.807, 2.05) is 32.0 Å². The number of carbonyl (C=O) groups excluding carboxylic acids is 3. The molecule has 0 radical (unpaired) electrons. The van der Waals surface area contributed by atoms with Crippen LogP contribution in [0.5, 0.6) is 0 Å². The van der Waals surface area contributed by atoms with Crippen LogP contribution in [0.4, 0.5) is 4.39 Å². The zero-order chi connectivity index (χ0) is 30.4. The maximum absolute atomic E-state index is 14.8. The van der Waals surface area contributed by atoms with Crippen molar-refractivity contribution in [2.24, 2.45) is 18.9 Å². The summed E-state index contributed by atoms with van der Waals surface area (Å²) in [5.41, 5.74) is 3.22. The van der Waals surface area contributed by atoms with Gasteiger partial charge in [0.2, 0.25) is 11.8 Å². The van der Waals surface area contributed by atoms with Gasteiger partial charge in [-0.2, -0.15) is 5.10 Å². The van der Waals surface area contributed by atoms with E-state index >= 15 is 0 Å². The standard InChI is InChI=1S/C33H37ClFN5O3/c1-19-6-4-9-23(18-19)30(41)27-26(21-10-12-24(35)13-11-21)29(33(43)39-16-14-36-15-17-39)40(32(42)22-7-5-8-22)28(27)25-20(2)37-38(3)31(25)34/h4,6,9-13,18,22,26-29,36H,5,7-8,14-17H2,1-3H3. The van der Waals surface area contributed by atoms with Crippen LogP contribution in [0.3, 0.4) is 0 Å². The molecule has 0 spiro atoms. The zero-order valence-electron chi connectivity index (χ0n) is 24.7. The molecule has 2 aromatic carbocycles. The fourth-order valence-corrected chi connectivity index (χ4v) is 7.36. The quantitative estimate of drug-likeness (QED) is 0.415. The number of ketones is 1. The Labute approximate surface area is 256 Å². The number of hydrogen-bond donors (Lipinski definition) is 1. The Morgan fingerprint density at radius 3 is 2.28 bits per heavy atom. The fraction of sp³-hybridized carbons (Fsp3) is 0.455. The van der Waals surface area contributed by atoms with E-state index < -0.39 is 29.7 Å². The Balaban J connectivity index is 1.62. The third kappa shape index (κ3) is 5.27. The number of rotatable bonds is 6. The molecule has 2 amide bonds. The van der Waals surface area contributed by atoms with Crippen LogP contribution in [0, 0.1) is 31.5 Å². The smallest absolute Gasteiger partial charge is 0.246 e. The van der Waals surface area contributed by atoms with E-state index in [-0.39, 0.29) is 23.5 Å². The molecule has 10 heteroatoms. The van der Waals surface area contributed by atoms with Crippen molar-refractivity contribution < 1.29 is 18.8 Å². The highest BCUT2D eigenvalue weighted by atomic mass is 35.5. The molecular weight excluding hydrogens is 569 g/mol. The number of benzene rings is 2. The Hall–Kier alpha value is -3.56. The van der Waals surface area contributed by atoms with Gasteiger partial charge in [-0.1, -0.05) is 53.9 Å². The van der Waals surface area contributed by atoms with Crippen LogP contribution in [0.25, 0.3) is 0 Å². The van der Waals surface area contributed by atoms with Crippen molar-refractivity contribution in [3.05, 3.63) is 87.4 Å². The fourth-order valence-electron chi connectivity index (χ4n) is 7.07. The maximum atomic E-state index is 14.8. The highest BCUT2D eigenvalue weighted by molar-refractivity contribution is 6.30. The van der Waals surface area contributed by atoms with Crippen LogP contribution in [0.15, 0.2) is 48.5 Å². The summed E-state index contributed by atoms with van der Waals surface area (Å²) in [6, 6.07) is 11.5. The molecule has 226 valence electrons. The molecule has 2 aliphatic heterocycles. The Bertz CT molecular complexity index is 1550. The number of carbonyl (C=O) groups is 3. The van der Waals surface area contributed by atoms with Crippen LogP contribution in [0.2, 0.25) is 5.15 Å². The van der Waals surface area contributed by atoms with Crippen molar-refractivity contribution in [2.75, 3.05) is 26.2 Å². The number of aromatic nitrogens is 2. The predicted molar refractivity (Wildman–Crippen MR) is 161 cm³/mol. The van der Waals surface area contributed by atoms with E-state index in [0.29, 0.717) is 53.7 Å². The summed E-state index contributed by atoms with van der Waals surface area (Å²) < 4.78 is 15.8. The van der Waals surface area contributed by atoms with E-state index in [4.69, 9.17) is 11.6 Å². The highest BCUT2D eigenvalue weighted by Crippen LogP contribution is 2.54. The van der Waals surface area contributed by atoms with Gasteiger partial charge in [-0.25, -0.2) is 4.39 Å². The molecule has 6 rings (SSSR count). The molecular formula is C33H37ClFN5O3. The van der Waals surface area contributed by atoms with E-state index in [1.54, 1.807) is 39.7 Å². The number of aryl methyl sites for hydroxylation is 3. The summed E-state index contributed by atoms with van der Waals surface area (Å²) >= 11 is 6.92. The normalized spacial score (nSPS) is 24.2. The number of Topliss-reactive ketones (excluding diaryl/α,β-unsaturated/α-hetero) is 1.